The normalized spacial score (nSPS) is 12.2. The Hall–Kier alpha value is -1.11. The largest absolute Gasteiger partial charge is 0.399 e. The van der Waals surface area contributed by atoms with E-state index in [0.29, 0.717) is 25.3 Å². The highest BCUT2D eigenvalue weighted by atomic mass is 32.2. The molecule has 0 aliphatic rings. The van der Waals surface area contributed by atoms with Crippen LogP contribution < -0.4 is 5.73 Å². The van der Waals surface area contributed by atoms with Gasteiger partial charge in [-0.3, -0.25) is 0 Å². The van der Waals surface area contributed by atoms with Crippen molar-refractivity contribution in [2.45, 2.75) is 32.9 Å². The second-order valence-corrected chi connectivity index (χ2v) is 7.09. The number of methoxy groups -OCH3 is 1. The molecule has 114 valence electrons. The summed E-state index contributed by atoms with van der Waals surface area (Å²) in [7, 11) is -1.72. The number of hydrogen-bond acceptors (Lipinski definition) is 4. The Morgan fingerprint density at radius 1 is 1.35 bits per heavy atom. The van der Waals surface area contributed by atoms with Gasteiger partial charge in [-0.2, -0.15) is 4.31 Å². The lowest BCUT2D eigenvalue weighted by atomic mass is 10.2. The summed E-state index contributed by atoms with van der Waals surface area (Å²) < 4.78 is 31.2. The Morgan fingerprint density at radius 3 is 2.60 bits per heavy atom. The third-order valence-corrected chi connectivity index (χ3v) is 5.04. The number of nitrogens with two attached hydrogens (primary N) is 1. The van der Waals surface area contributed by atoms with E-state index in [4.69, 9.17) is 10.5 Å². The summed E-state index contributed by atoms with van der Waals surface area (Å²) >= 11 is 0. The fraction of sp³-hybridized carbons (Fsp3) is 0.571. The molecule has 0 aliphatic heterocycles. The second-order valence-electron chi connectivity index (χ2n) is 5.05. The van der Waals surface area contributed by atoms with E-state index >= 15 is 0 Å². The van der Waals surface area contributed by atoms with Gasteiger partial charge in [0.25, 0.3) is 0 Å². The molecule has 20 heavy (non-hydrogen) atoms. The zero-order chi connectivity index (χ0) is 15.2. The predicted octanol–water partition coefficient (Wildman–Crippen LogP) is 1.85. The molecule has 0 spiro atoms. The summed E-state index contributed by atoms with van der Waals surface area (Å²) in [5.41, 5.74) is 7.27. The smallest absolute Gasteiger partial charge is 0.214 e. The fourth-order valence-corrected chi connectivity index (χ4v) is 3.68. The van der Waals surface area contributed by atoms with E-state index in [9.17, 15) is 8.42 Å². The summed E-state index contributed by atoms with van der Waals surface area (Å²) in [6.07, 6.45) is 0.499. The minimum Gasteiger partial charge on any atom is -0.399 e. The van der Waals surface area contributed by atoms with E-state index in [1.165, 1.54) is 4.31 Å². The molecule has 1 aromatic rings. The van der Waals surface area contributed by atoms with Crippen molar-refractivity contribution in [1.29, 1.82) is 0 Å². The Bertz CT molecular complexity index is 515. The third kappa shape index (κ3) is 5.11. The molecular formula is C14H24N2O3S. The maximum atomic E-state index is 12.4. The van der Waals surface area contributed by atoms with E-state index in [1.807, 2.05) is 26.0 Å². The van der Waals surface area contributed by atoms with Gasteiger partial charge < -0.3 is 10.5 Å². The lowest BCUT2D eigenvalue weighted by molar-refractivity contribution is 0.199. The molecule has 0 saturated carbocycles. The van der Waals surface area contributed by atoms with Crippen LogP contribution >= 0.6 is 0 Å². The zero-order valence-electron chi connectivity index (χ0n) is 12.4. The monoisotopic (exact) mass is 300 g/mol. The molecule has 0 bridgehead atoms. The molecular weight excluding hydrogens is 276 g/mol. The van der Waals surface area contributed by atoms with Crippen LogP contribution in [0.5, 0.6) is 0 Å². The molecule has 5 nitrogen and oxygen atoms in total. The highest BCUT2D eigenvalue weighted by Crippen LogP contribution is 2.16. The number of nitrogens with zero attached hydrogens (tertiary/aromatic N) is 1. The van der Waals surface area contributed by atoms with Crippen LogP contribution in [-0.2, 0) is 21.3 Å². The minimum atomic E-state index is -3.29. The second kappa shape index (κ2) is 7.61. The Labute approximate surface area is 121 Å². The summed E-state index contributed by atoms with van der Waals surface area (Å²) in [4.78, 5) is 0. The quantitative estimate of drug-likeness (QED) is 0.587. The van der Waals surface area contributed by atoms with Crippen LogP contribution in [0, 0.1) is 0 Å². The first kappa shape index (κ1) is 16.9. The first-order chi connectivity index (χ1) is 9.36. The number of ether oxygens (including phenoxy) is 1. The van der Waals surface area contributed by atoms with Gasteiger partial charge in [0.15, 0.2) is 0 Å². The number of benzene rings is 1. The van der Waals surface area contributed by atoms with Gasteiger partial charge in [0.05, 0.1) is 5.75 Å². The van der Waals surface area contributed by atoms with Crippen molar-refractivity contribution in [3.05, 3.63) is 29.8 Å². The molecule has 0 aliphatic carbocycles. The van der Waals surface area contributed by atoms with E-state index in [-0.39, 0.29) is 11.8 Å². The van der Waals surface area contributed by atoms with Crippen molar-refractivity contribution in [2.24, 2.45) is 0 Å². The van der Waals surface area contributed by atoms with Gasteiger partial charge in [0.1, 0.15) is 0 Å². The van der Waals surface area contributed by atoms with Gasteiger partial charge in [-0.15, -0.1) is 0 Å². The first-order valence-corrected chi connectivity index (χ1v) is 8.30. The van der Waals surface area contributed by atoms with Gasteiger partial charge in [0.2, 0.25) is 10.0 Å². The summed E-state index contributed by atoms with van der Waals surface area (Å²) in [6, 6.07) is 7.22. The molecule has 6 heteroatoms. The van der Waals surface area contributed by atoms with Crippen LogP contribution in [0.4, 0.5) is 5.69 Å². The van der Waals surface area contributed by atoms with Crippen LogP contribution in [0.2, 0.25) is 0 Å². The van der Waals surface area contributed by atoms with Crippen LogP contribution in [0.3, 0.4) is 0 Å². The average molecular weight is 300 g/mol. The van der Waals surface area contributed by atoms with Crippen molar-refractivity contribution in [1.82, 2.24) is 4.31 Å². The molecule has 1 aromatic carbocycles. The maximum Gasteiger partial charge on any atom is 0.214 e. The van der Waals surface area contributed by atoms with E-state index in [2.05, 4.69) is 0 Å². The summed E-state index contributed by atoms with van der Waals surface area (Å²) in [5, 5.41) is 0. The molecule has 0 heterocycles. The van der Waals surface area contributed by atoms with E-state index in [0.717, 1.165) is 5.56 Å². The van der Waals surface area contributed by atoms with Crippen LogP contribution in [0.15, 0.2) is 24.3 Å². The van der Waals surface area contributed by atoms with Crippen molar-refractivity contribution in [2.75, 3.05) is 25.2 Å². The Morgan fingerprint density at radius 2 is 2.05 bits per heavy atom. The van der Waals surface area contributed by atoms with Crippen molar-refractivity contribution in [3.63, 3.8) is 0 Å². The Balaban J connectivity index is 2.83. The average Bonchev–Trinajstić information content (AvgIpc) is 2.35. The molecule has 0 amide bonds. The van der Waals surface area contributed by atoms with Crippen molar-refractivity contribution < 1.29 is 13.2 Å². The SMILES string of the molecule is COCCCS(=O)(=O)N(Cc1cccc(N)c1)C(C)C. The molecule has 0 fully saturated rings. The highest BCUT2D eigenvalue weighted by molar-refractivity contribution is 7.89. The lowest BCUT2D eigenvalue weighted by Crippen LogP contribution is -2.38. The van der Waals surface area contributed by atoms with Crippen LogP contribution in [0.1, 0.15) is 25.8 Å². The standard InChI is InChI=1S/C14H24N2O3S/c1-12(2)16(20(17,18)9-5-8-19-3)11-13-6-4-7-14(15)10-13/h4,6-7,10,12H,5,8-9,11,15H2,1-3H3. The van der Waals surface area contributed by atoms with Crippen LogP contribution in [-0.4, -0.2) is 38.2 Å². The van der Waals surface area contributed by atoms with Gasteiger partial charge in [-0.25, -0.2) is 8.42 Å². The lowest BCUT2D eigenvalue weighted by Gasteiger charge is -2.26. The predicted molar refractivity (Wildman–Crippen MR) is 81.8 cm³/mol. The number of nitrogen functional groups attached to an aromatic ring is 1. The molecule has 0 saturated heterocycles. The molecule has 0 atom stereocenters. The van der Waals surface area contributed by atoms with Crippen molar-refractivity contribution in [3.8, 4) is 0 Å². The fourth-order valence-electron chi connectivity index (χ4n) is 1.98. The van der Waals surface area contributed by atoms with Gasteiger partial charge in [-0.05, 0) is 38.0 Å². The number of anilines is 1. The number of hydrogen-bond donors (Lipinski definition) is 1. The first-order valence-electron chi connectivity index (χ1n) is 6.69. The third-order valence-electron chi connectivity index (χ3n) is 2.97. The van der Waals surface area contributed by atoms with E-state index in [1.54, 1.807) is 19.2 Å². The van der Waals surface area contributed by atoms with Crippen LogP contribution in [0.25, 0.3) is 0 Å². The zero-order valence-corrected chi connectivity index (χ0v) is 13.2. The summed E-state index contributed by atoms with van der Waals surface area (Å²) in [6.45, 7) is 4.54. The van der Waals surface area contributed by atoms with Gasteiger partial charge >= 0.3 is 0 Å². The molecule has 0 unspecified atom stereocenters. The molecule has 2 N–H and O–H groups in total. The Kier molecular flexibility index (Phi) is 6.45. The minimum absolute atomic E-state index is 0.0935. The summed E-state index contributed by atoms with van der Waals surface area (Å²) in [5.74, 6) is 0.0985. The molecule has 1 rings (SSSR count). The number of sulfonamides is 1. The topological polar surface area (TPSA) is 72.6 Å². The molecule has 0 aromatic heterocycles. The van der Waals surface area contributed by atoms with Crippen molar-refractivity contribution >= 4 is 15.7 Å². The van der Waals surface area contributed by atoms with Gasteiger partial charge in [-0.1, -0.05) is 12.1 Å². The van der Waals surface area contributed by atoms with Gasteiger partial charge in [0, 0.05) is 32.0 Å². The number of rotatable bonds is 8. The highest BCUT2D eigenvalue weighted by Gasteiger charge is 2.24. The van der Waals surface area contributed by atoms with E-state index < -0.39 is 10.0 Å². The maximum absolute atomic E-state index is 12.4. The molecule has 0 radical (unpaired) electrons.